The zero-order valence-corrected chi connectivity index (χ0v) is 19.6. The molecule has 0 radical (unpaired) electrons. The first-order valence-electron chi connectivity index (χ1n) is 11.2. The summed E-state index contributed by atoms with van der Waals surface area (Å²) in [4.78, 5) is 26.1. The number of benzene rings is 1. The molecular weight excluding hydrogens is 444 g/mol. The second-order valence-electron chi connectivity index (χ2n) is 8.88. The third-order valence-electron chi connectivity index (χ3n) is 6.89. The monoisotopic (exact) mass is 471 g/mol. The number of nitrogens with one attached hydrogen (secondary N) is 1. The van der Waals surface area contributed by atoms with Crippen LogP contribution in [0, 0.1) is 11.6 Å². The second-order valence-corrected chi connectivity index (χ2v) is 8.88. The quantitative estimate of drug-likeness (QED) is 0.616. The number of anilines is 2. The van der Waals surface area contributed by atoms with Crippen LogP contribution in [0.2, 0.25) is 0 Å². The van der Waals surface area contributed by atoms with Crippen molar-refractivity contribution in [2.75, 3.05) is 51.2 Å². The molecule has 5 rings (SSSR count). The molecular formula is C24H27F2N5O3. The molecule has 34 heavy (non-hydrogen) atoms. The Labute approximate surface area is 196 Å². The first-order valence-corrected chi connectivity index (χ1v) is 11.2. The number of carbonyl (C=O) groups is 1. The minimum atomic E-state index is -0.966. The molecule has 0 atom stereocenters. The Balaban J connectivity index is 1.57. The van der Waals surface area contributed by atoms with E-state index in [0.29, 0.717) is 22.8 Å². The molecule has 1 saturated heterocycles. The van der Waals surface area contributed by atoms with Gasteiger partial charge in [0.15, 0.2) is 23.1 Å². The van der Waals surface area contributed by atoms with Crippen LogP contribution in [0.3, 0.4) is 0 Å². The zero-order chi connectivity index (χ0) is 24.1. The molecule has 1 N–H and O–H groups in total. The number of aromatic nitrogens is 2. The fraction of sp³-hybridized carbons (Fsp3) is 0.417. The molecule has 8 nitrogen and oxygen atoms in total. The Bertz CT molecular complexity index is 1240. The van der Waals surface area contributed by atoms with Gasteiger partial charge >= 0.3 is 6.03 Å². The Morgan fingerprint density at radius 3 is 2.29 bits per heavy atom. The van der Waals surface area contributed by atoms with Gasteiger partial charge in [-0.2, -0.15) is 0 Å². The van der Waals surface area contributed by atoms with Crippen molar-refractivity contribution in [2.45, 2.75) is 25.3 Å². The summed E-state index contributed by atoms with van der Waals surface area (Å²) < 4.78 is 40.4. The van der Waals surface area contributed by atoms with Crippen molar-refractivity contribution in [1.29, 1.82) is 0 Å². The number of ether oxygens (including phenoxy) is 2. The lowest BCUT2D eigenvalue weighted by Gasteiger charge is -2.35. The highest BCUT2D eigenvalue weighted by molar-refractivity contribution is 6.11. The number of methoxy groups -OCH3 is 2. The summed E-state index contributed by atoms with van der Waals surface area (Å²) >= 11 is 0. The highest BCUT2D eigenvalue weighted by Gasteiger charge is 2.36. The van der Waals surface area contributed by atoms with Gasteiger partial charge in [0.05, 0.1) is 26.5 Å². The number of hydrogen-bond donors (Lipinski definition) is 1. The number of urea groups is 1. The van der Waals surface area contributed by atoms with Crippen molar-refractivity contribution >= 4 is 28.4 Å². The number of rotatable bonds is 4. The highest BCUT2D eigenvalue weighted by Crippen LogP contribution is 2.42. The predicted octanol–water partition coefficient (Wildman–Crippen LogP) is 4.24. The van der Waals surface area contributed by atoms with Gasteiger partial charge in [-0.1, -0.05) is 0 Å². The number of nitrogens with zero attached hydrogens (tertiary/aromatic N) is 4. The molecule has 0 spiro atoms. The van der Waals surface area contributed by atoms with Crippen LogP contribution < -0.4 is 19.3 Å². The molecule has 2 aromatic heterocycles. The fourth-order valence-corrected chi connectivity index (χ4v) is 4.97. The summed E-state index contributed by atoms with van der Waals surface area (Å²) in [6.45, 7) is 2.01. The van der Waals surface area contributed by atoms with Gasteiger partial charge < -0.3 is 19.4 Å². The number of piperidine rings is 1. The van der Waals surface area contributed by atoms with Gasteiger partial charge in [0.25, 0.3) is 0 Å². The van der Waals surface area contributed by atoms with Crippen molar-refractivity contribution in [3.63, 3.8) is 0 Å². The van der Waals surface area contributed by atoms with E-state index >= 15 is 8.78 Å². The summed E-state index contributed by atoms with van der Waals surface area (Å²) in [5.41, 5.74) is 2.66. The number of fused-ring (bicyclic) bond motifs is 3. The van der Waals surface area contributed by atoms with Crippen LogP contribution in [0.15, 0.2) is 18.3 Å². The number of likely N-dealkylation sites (tertiary alicyclic amines) is 1. The summed E-state index contributed by atoms with van der Waals surface area (Å²) in [7, 11) is 6.26. The van der Waals surface area contributed by atoms with E-state index in [-0.39, 0.29) is 18.0 Å². The van der Waals surface area contributed by atoms with Gasteiger partial charge in [-0.3, -0.25) is 9.80 Å². The smallest absolute Gasteiger partial charge is 0.329 e. The highest BCUT2D eigenvalue weighted by atomic mass is 19.1. The largest absolute Gasteiger partial charge is 0.493 e. The maximum Gasteiger partial charge on any atom is 0.329 e. The van der Waals surface area contributed by atoms with Crippen molar-refractivity contribution in [3.8, 4) is 11.5 Å². The first-order chi connectivity index (χ1) is 16.3. The summed E-state index contributed by atoms with van der Waals surface area (Å²) in [5.74, 6) is -1.96. The van der Waals surface area contributed by atoms with Crippen LogP contribution >= 0.6 is 0 Å². The van der Waals surface area contributed by atoms with Crippen molar-refractivity contribution in [3.05, 3.63) is 41.2 Å². The van der Waals surface area contributed by atoms with Gasteiger partial charge in [-0.25, -0.2) is 18.6 Å². The van der Waals surface area contributed by atoms with Crippen LogP contribution in [0.5, 0.6) is 11.5 Å². The summed E-state index contributed by atoms with van der Waals surface area (Å²) in [5, 5.41) is 0.825. The maximum absolute atomic E-state index is 15.1. The molecule has 2 aliphatic heterocycles. The first kappa shape index (κ1) is 22.4. The van der Waals surface area contributed by atoms with E-state index in [1.54, 1.807) is 13.2 Å². The van der Waals surface area contributed by atoms with Crippen molar-refractivity contribution < 1.29 is 23.0 Å². The van der Waals surface area contributed by atoms with E-state index in [0.717, 1.165) is 48.0 Å². The van der Waals surface area contributed by atoms with Gasteiger partial charge in [-0.05, 0) is 39.0 Å². The van der Waals surface area contributed by atoms with Crippen LogP contribution in [-0.4, -0.2) is 62.3 Å². The maximum atomic E-state index is 15.1. The zero-order valence-electron chi connectivity index (χ0n) is 19.6. The number of carbonyl (C=O) groups excluding carboxylic acids is 1. The normalized spacial score (nSPS) is 17.4. The second kappa shape index (κ2) is 8.43. The summed E-state index contributed by atoms with van der Waals surface area (Å²) in [6, 6.07) is 2.62. The average molecular weight is 472 g/mol. The molecule has 0 bridgehead atoms. The van der Waals surface area contributed by atoms with Crippen LogP contribution in [0.4, 0.5) is 25.0 Å². The van der Waals surface area contributed by atoms with Crippen molar-refractivity contribution in [1.82, 2.24) is 14.9 Å². The molecule has 3 aromatic rings. The molecule has 180 valence electrons. The fourth-order valence-electron chi connectivity index (χ4n) is 4.97. The van der Waals surface area contributed by atoms with Crippen LogP contribution in [0.1, 0.15) is 30.0 Å². The van der Waals surface area contributed by atoms with E-state index in [1.165, 1.54) is 19.1 Å². The van der Waals surface area contributed by atoms with E-state index in [2.05, 4.69) is 28.0 Å². The van der Waals surface area contributed by atoms with Gasteiger partial charge in [0.2, 0.25) is 0 Å². The lowest BCUT2D eigenvalue weighted by Crippen LogP contribution is -2.46. The Kier molecular flexibility index (Phi) is 5.55. The number of aromatic amines is 1. The van der Waals surface area contributed by atoms with E-state index in [9.17, 15) is 4.79 Å². The molecule has 1 aromatic carbocycles. The Morgan fingerprint density at radius 1 is 1.03 bits per heavy atom. The lowest BCUT2D eigenvalue weighted by atomic mass is 9.94. The van der Waals surface area contributed by atoms with E-state index < -0.39 is 23.4 Å². The molecule has 0 saturated carbocycles. The summed E-state index contributed by atoms with van der Waals surface area (Å²) in [6.07, 6.45) is 3.74. The SMILES string of the molecule is COc1cc(OC)c(F)c(N2Cc3cnc4[nH]c(C5CCN(C)CC5)cc4c3N(C)C2=O)c1F. The average Bonchev–Trinajstić information content (AvgIpc) is 3.27. The molecule has 0 unspecified atom stereocenters. The van der Waals surface area contributed by atoms with Gasteiger partial charge in [0, 0.05) is 41.9 Å². The topological polar surface area (TPSA) is 73.9 Å². The standard InChI is InChI=1S/C24H27F2N5O3/c1-29-7-5-13(6-8-29)16-9-15-21-14(11-27-23(15)28-16)12-31(24(32)30(21)2)22-19(25)17(33-3)10-18(34-4)20(22)26/h9-11,13H,5-8,12H2,1-4H3,(H,27,28). The molecule has 4 heterocycles. The number of H-pyrrole nitrogens is 1. The lowest BCUT2D eigenvalue weighted by molar-refractivity contribution is 0.250. The molecule has 2 amide bonds. The number of halogens is 2. The minimum Gasteiger partial charge on any atom is -0.493 e. The van der Waals surface area contributed by atoms with E-state index in [4.69, 9.17) is 9.47 Å². The molecule has 2 aliphatic rings. The predicted molar refractivity (Wildman–Crippen MR) is 125 cm³/mol. The number of amides is 2. The van der Waals surface area contributed by atoms with Gasteiger partial charge in [-0.15, -0.1) is 0 Å². The van der Waals surface area contributed by atoms with Crippen LogP contribution in [-0.2, 0) is 6.54 Å². The minimum absolute atomic E-state index is 0.0413. The van der Waals surface area contributed by atoms with Crippen molar-refractivity contribution in [2.24, 2.45) is 0 Å². The van der Waals surface area contributed by atoms with Gasteiger partial charge in [0.1, 0.15) is 11.3 Å². The Morgan fingerprint density at radius 2 is 1.68 bits per heavy atom. The molecule has 0 aliphatic carbocycles. The third-order valence-corrected chi connectivity index (χ3v) is 6.89. The van der Waals surface area contributed by atoms with E-state index in [1.807, 2.05) is 0 Å². The van der Waals surface area contributed by atoms with Crippen LogP contribution in [0.25, 0.3) is 11.0 Å². The Hall–Kier alpha value is -3.40. The molecule has 10 heteroatoms. The molecule has 1 fully saturated rings. The number of hydrogen-bond acceptors (Lipinski definition) is 5. The third kappa shape index (κ3) is 3.44. The number of pyridine rings is 1.